The molecule has 0 bridgehead atoms. The summed E-state index contributed by atoms with van der Waals surface area (Å²) < 4.78 is 23.8. The maximum atomic E-state index is 11.4. The predicted octanol–water partition coefficient (Wildman–Crippen LogP) is 2.10. The summed E-state index contributed by atoms with van der Waals surface area (Å²) in [4.78, 5) is 3.99. The molecule has 0 fully saturated rings. The highest BCUT2D eigenvalue weighted by Crippen LogP contribution is 2.17. The first-order valence-electron chi connectivity index (χ1n) is 5.43. The zero-order chi connectivity index (χ0) is 13.9. The highest BCUT2D eigenvalue weighted by Gasteiger charge is 2.13. The van der Waals surface area contributed by atoms with Crippen molar-refractivity contribution in [3.63, 3.8) is 0 Å². The van der Waals surface area contributed by atoms with Gasteiger partial charge in [0.25, 0.3) is 0 Å². The quantitative estimate of drug-likeness (QED) is 0.891. The van der Waals surface area contributed by atoms with E-state index in [1.807, 2.05) is 24.3 Å². The molecule has 1 aromatic heterocycles. The average Bonchev–Trinajstić information content (AvgIpc) is 2.37. The van der Waals surface area contributed by atoms with Crippen molar-refractivity contribution in [3.8, 4) is 0 Å². The Hall–Kier alpha value is -1.44. The number of pyridine rings is 1. The third-order valence-corrected chi connectivity index (χ3v) is 3.92. The topological polar surface area (TPSA) is 85.1 Å². The summed E-state index contributed by atoms with van der Waals surface area (Å²) in [5, 5.41) is 8.10. The van der Waals surface area contributed by atoms with Crippen LogP contribution in [-0.4, -0.2) is 13.4 Å². The number of hydrogen-bond acceptors (Lipinski definition) is 4. The Kier molecular flexibility index (Phi) is 4.18. The highest BCUT2D eigenvalue weighted by molar-refractivity contribution is 9.10. The van der Waals surface area contributed by atoms with Gasteiger partial charge in [-0.25, -0.2) is 18.5 Å². The zero-order valence-corrected chi connectivity index (χ0v) is 12.3. The van der Waals surface area contributed by atoms with E-state index in [9.17, 15) is 8.42 Å². The van der Waals surface area contributed by atoms with Gasteiger partial charge in [-0.3, -0.25) is 0 Å². The minimum absolute atomic E-state index is 0.00730. The number of rotatable bonds is 4. The fraction of sp³-hybridized carbons (Fsp3) is 0.0833. The standard InChI is InChI=1S/C12H12BrN3O2S/c13-10-5-3-9(4-6-10)8-16-12-11(19(14,17)18)2-1-7-15-12/h1-7H,8H2,(H,15,16)(H2,14,17,18). The van der Waals surface area contributed by atoms with Crippen LogP contribution in [0.4, 0.5) is 5.82 Å². The minimum atomic E-state index is -3.78. The Bertz CT molecular complexity index is 672. The van der Waals surface area contributed by atoms with Crippen molar-refractivity contribution in [2.75, 3.05) is 5.32 Å². The van der Waals surface area contributed by atoms with Gasteiger partial charge in [-0.15, -0.1) is 0 Å². The molecule has 0 saturated heterocycles. The lowest BCUT2D eigenvalue weighted by Gasteiger charge is -2.09. The molecule has 0 aliphatic carbocycles. The van der Waals surface area contributed by atoms with Crippen LogP contribution in [0.5, 0.6) is 0 Å². The lowest BCUT2D eigenvalue weighted by atomic mass is 10.2. The van der Waals surface area contributed by atoms with Gasteiger partial charge in [-0.1, -0.05) is 28.1 Å². The Morgan fingerprint density at radius 2 is 1.89 bits per heavy atom. The number of sulfonamides is 1. The Balaban J connectivity index is 2.18. The van der Waals surface area contributed by atoms with E-state index in [4.69, 9.17) is 5.14 Å². The third kappa shape index (κ3) is 3.76. The minimum Gasteiger partial charge on any atom is -0.365 e. The third-order valence-electron chi connectivity index (χ3n) is 2.45. The molecule has 100 valence electrons. The van der Waals surface area contributed by atoms with Crippen molar-refractivity contribution in [3.05, 3.63) is 52.6 Å². The van der Waals surface area contributed by atoms with Crippen molar-refractivity contribution in [2.24, 2.45) is 5.14 Å². The molecule has 7 heteroatoms. The first-order chi connectivity index (χ1) is 8.97. The number of nitrogens with one attached hydrogen (secondary N) is 1. The Labute approximate surface area is 120 Å². The number of aromatic nitrogens is 1. The molecule has 2 rings (SSSR count). The van der Waals surface area contributed by atoms with Gasteiger partial charge in [0, 0.05) is 17.2 Å². The van der Waals surface area contributed by atoms with E-state index in [-0.39, 0.29) is 10.7 Å². The van der Waals surface area contributed by atoms with Crippen LogP contribution in [0, 0.1) is 0 Å². The van der Waals surface area contributed by atoms with E-state index in [1.165, 1.54) is 18.3 Å². The average molecular weight is 342 g/mol. The van der Waals surface area contributed by atoms with Crippen LogP contribution in [0.2, 0.25) is 0 Å². The van der Waals surface area contributed by atoms with Crippen molar-refractivity contribution < 1.29 is 8.42 Å². The van der Waals surface area contributed by atoms with E-state index in [2.05, 4.69) is 26.2 Å². The smallest absolute Gasteiger partial charge is 0.241 e. The fourth-order valence-electron chi connectivity index (χ4n) is 1.54. The first kappa shape index (κ1) is 14.0. The van der Waals surface area contributed by atoms with E-state index >= 15 is 0 Å². The summed E-state index contributed by atoms with van der Waals surface area (Å²) in [6.45, 7) is 0.465. The van der Waals surface area contributed by atoms with Crippen molar-refractivity contribution >= 4 is 31.8 Å². The normalized spacial score (nSPS) is 11.3. The molecule has 1 aromatic carbocycles. The number of benzene rings is 1. The molecule has 5 nitrogen and oxygen atoms in total. The second kappa shape index (κ2) is 5.68. The van der Waals surface area contributed by atoms with E-state index in [0.717, 1.165) is 10.0 Å². The largest absolute Gasteiger partial charge is 0.365 e. The Morgan fingerprint density at radius 3 is 2.53 bits per heavy atom. The summed E-state index contributed by atoms with van der Waals surface area (Å²) in [5.41, 5.74) is 1.01. The van der Waals surface area contributed by atoms with Crippen molar-refractivity contribution in [1.82, 2.24) is 4.98 Å². The summed E-state index contributed by atoms with van der Waals surface area (Å²) in [6.07, 6.45) is 1.51. The molecule has 0 aliphatic rings. The molecular formula is C12H12BrN3O2S. The fourth-order valence-corrected chi connectivity index (χ4v) is 2.47. The molecule has 0 spiro atoms. The van der Waals surface area contributed by atoms with Gasteiger partial charge in [0.05, 0.1) is 0 Å². The molecule has 1 heterocycles. The molecule has 0 radical (unpaired) electrons. The summed E-state index contributed by atoms with van der Waals surface area (Å²) in [7, 11) is -3.78. The molecular weight excluding hydrogens is 330 g/mol. The van der Waals surface area contributed by atoms with E-state index < -0.39 is 10.0 Å². The molecule has 0 amide bonds. The van der Waals surface area contributed by atoms with Gasteiger partial charge in [-0.05, 0) is 29.8 Å². The predicted molar refractivity (Wildman–Crippen MR) is 77.1 cm³/mol. The summed E-state index contributed by atoms with van der Waals surface area (Å²) in [6, 6.07) is 10.6. The number of hydrogen-bond donors (Lipinski definition) is 2. The number of anilines is 1. The van der Waals surface area contributed by atoms with Crippen LogP contribution < -0.4 is 10.5 Å². The highest BCUT2D eigenvalue weighted by atomic mass is 79.9. The van der Waals surface area contributed by atoms with Gasteiger partial charge in [0.1, 0.15) is 10.7 Å². The van der Waals surface area contributed by atoms with Crippen LogP contribution in [0.1, 0.15) is 5.56 Å². The number of nitrogens with two attached hydrogens (primary N) is 1. The van der Waals surface area contributed by atoms with Gasteiger partial charge in [-0.2, -0.15) is 0 Å². The SMILES string of the molecule is NS(=O)(=O)c1cccnc1NCc1ccc(Br)cc1. The van der Waals surface area contributed by atoms with Gasteiger partial charge in [0.2, 0.25) is 10.0 Å². The monoisotopic (exact) mass is 341 g/mol. The zero-order valence-electron chi connectivity index (χ0n) is 9.88. The Morgan fingerprint density at radius 1 is 1.21 bits per heavy atom. The summed E-state index contributed by atoms with van der Waals surface area (Å²) in [5.74, 6) is 0.257. The van der Waals surface area contributed by atoms with Gasteiger partial charge >= 0.3 is 0 Å². The van der Waals surface area contributed by atoms with Crippen molar-refractivity contribution in [2.45, 2.75) is 11.4 Å². The van der Waals surface area contributed by atoms with Crippen LogP contribution >= 0.6 is 15.9 Å². The van der Waals surface area contributed by atoms with Crippen LogP contribution in [0.25, 0.3) is 0 Å². The van der Waals surface area contributed by atoms with E-state index in [1.54, 1.807) is 0 Å². The number of primary sulfonamides is 1. The molecule has 2 aromatic rings. The molecule has 0 aliphatic heterocycles. The molecule has 0 unspecified atom stereocenters. The lowest BCUT2D eigenvalue weighted by Crippen LogP contribution is -2.15. The molecule has 3 N–H and O–H groups in total. The number of nitrogens with zero attached hydrogens (tertiary/aromatic N) is 1. The van der Waals surface area contributed by atoms with Crippen LogP contribution in [0.3, 0.4) is 0 Å². The van der Waals surface area contributed by atoms with Crippen LogP contribution in [-0.2, 0) is 16.6 Å². The maximum Gasteiger partial charge on any atom is 0.241 e. The second-order valence-electron chi connectivity index (χ2n) is 3.88. The van der Waals surface area contributed by atoms with Crippen molar-refractivity contribution in [1.29, 1.82) is 0 Å². The molecule has 0 saturated carbocycles. The second-order valence-corrected chi connectivity index (χ2v) is 6.32. The first-order valence-corrected chi connectivity index (χ1v) is 7.77. The number of halogens is 1. The summed E-state index contributed by atoms with van der Waals surface area (Å²) >= 11 is 3.35. The lowest BCUT2D eigenvalue weighted by molar-refractivity contribution is 0.597. The van der Waals surface area contributed by atoms with Gasteiger partial charge < -0.3 is 5.32 Å². The van der Waals surface area contributed by atoms with E-state index in [0.29, 0.717) is 6.54 Å². The van der Waals surface area contributed by atoms with Gasteiger partial charge in [0.15, 0.2) is 0 Å². The van der Waals surface area contributed by atoms with Crippen LogP contribution in [0.15, 0.2) is 52.0 Å². The molecule has 0 atom stereocenters. The molecule has 19 heavy (non-hydrogen) atoms. The maximum absolute atomic E-state index is 11.4.